The van der Waals surface area contributed by atoms with Crippen molar-refractivity contribution in [2.45, 2.75) is 25.7 Å². The molecule has 1 N–H and O–H groups in total. The molecule has 0 saturated carbocycles. The number of hydrogen-bond donors (Lipinski definition) is 1. The minimum Gasteiger partial charge on any atom is -0.484 e. The number of amides is 1. The summed E-state index contributed by atoms with van der Waals surface area (Å²) in [5, 5.41) is 0.697. The maximum absolute atomic E-state index is 12.7. The number of benzene rings is 3. The molecule has 190 valence electrons. The molecule has 9 heteroatoms. The standard InChI is InChI=1S/C27H30ClN3O4S/c1-19-5-7-23(16-21(19)3)29-36(33,34)25-10-8-24(9-11-25)35-18-27(32)31-14-12-30(13-15-31)26-17-22(28)6-4-20(26)2/h4-11,16-17,29H,12-15,18H2,1-3H3. The van der Waals surface area contributed by atoms with Gasteiger partial charge in [-0.3, -0.25) is 9.52 Å². The zero-order valence-corrected chi connectivity index (χ0v) is 22.2. The number of sulfonamides is 1. The van der Waals surface area contributed by atoms with Crippen molar-refractivity contribution in [3.8, 4) is 5.75 Å². The Morgan fingerprint density at radius 2 is 1.56 bits per heavy atom. The highest BCUT2D eigenvalue weighted by Gasteiger charge is 2.23. The van der Waals surface area contributed by atoms with Crippen LogP contribution in [0.15, 0.2) is 65.6 Å². The van der Waals surface area contributed by atoms with Gasteiger partial charge in [-0.15, -0.1) is 0 Å². The van der Waals surface area contributed by atoms with Gasteiger partial charge in [-0.2, -0.15) is 0 Å². The van der Waals surface area contributed by atoms with Crippen LogP contribution in [0.1, 0.15) is 16.7 Å². The van der Waals surface area contributed by atoms with Crippen molar-refractivity contribution in [1.82, 2.24) is 4.90 Å². The summed E-state index contributed by atoms with van der Waals surface area (Å²) in [4.78, 5) is 16.8. The fourth-order valence-electron chi connectivity index (χ4n) is 4.09. The van der Waals surface area contributed by atoms with Gasteiger partial charge in [-0.05, 0) is 86.0 Å². The number of aryl methyl sites for hydroxylation is 3. The summed E-state index contributed by atoms with van der Waals surface area (Å²) in [6.07, 6.45) is 0. The predicted octanol–water partition coefficient (Wildman–Crippen LogP) is 4.79. The molecule has 3 aromatic carbocycles. The molecular weight excluding hydrogens is 498 g/mol. The quantitative estimate of drug-likeness (QED) is 0.478. The van der Waals surface area contributed by atoms with Crippen LogP contribution in [0, 0.1) is 20.8 Å². The zero-order valence-electron chi connectivity index (χ0n) is 20.6. The van der Waals surface area contributed by atoms with Crippen molar-refractivity contribution in [3.05, 3.63) is 82.4 Å². The van der Waals surface area contributed by atoms with E-state index in [0.717, 1.165) is 22.4 Å². The van der Waals surface area contributed by atoms with Crippen LogP contribution in [0.5, 0.6) is 5.75 Å². The fourth-order valence-corrected chi connectivity index (χ4v) is 5.31. The van der Waals surface area contributed by atoms with Gasteiger partial charge in [-0.25, -0.2) is 8.42 Å². The molecule has 0 spiro atoms. The van der Waals surface area contributed by atoms with E-state index in [0.29, 0.717) is 42.6 Å². The second-order valence-corrected chi connectivity index (χ2v) is 11.1. The molecule has 0 aliphatic carbocycles. The van der Waals surface area contributed by atoms with Gasteiger partial charge >= 0.3 is 0 Å². The largest absolute Gasteiger partial charge is 0.484 e. The first-order valence-corrected chi connectivity index (χ1v) is 13.6. The molecule has 1 heterocycles. The number of rotatable bonds is 7. The van der Waals surface area contributed by atoms with Gasteiger partial charge in [-0.1, -0.05) is 23.7 Å². The summed E-state index contributed by atoms with van der Waals surface area (Å²) in [5.74, 6) is 0.326. The van der Waals surface area contributed by atoms with Crippen molar-refractivity contribution in [1.29, 1.82) is 0 Å². The number of ether oxygens (including phenoxy) is 1. The predicted molar refractivity (Wildman–Crippen MR) is 144 cm³/mol. The molecule has 36 heavy (non-hydrogen) atoms. The summed E-state index contributed by atoms with van der Waals surface area (Å²) in [6, 6.07) is 17.3. The SMILES string of the molecule is Cc1ccc(NS(=O)(=O)c2ccc(OCC(=O)N3CCN(c4cc(Cl)ccc4C)CC3)cc2)cc1C. The molecule has 1 amide bonds. The van der Waals surface area contributed by atoms with Gasteiger partial charge in [0.1, 0.15) is 5.75 Å². The first-order valence-electron chi connectivity index (χ1n) is 11.7. The number of anilines is 2. The molecule has 0 atom stereocenters. The molecule has 0 unspecified atom stereocenters. The van der Waals surface area contributed by atoms with E-state index in [-0.39, 0.29) is 17.4 Å². The van der Waals surface area contributed by atoms with Gasteiger partial charge in [0.15, 0.2) is 6.61 Å². The second kappa shape index (κ2) is 10.8. The molecule has 1 saturated heterocycles. The maximum atomic E-state index is 12.7. The van der Waals surface area contributed by atoms with E-state index in [4.69, 9.17) is 16.3 Å². The number of hydrogen-bond acceptors (Lipinski definition) is 5. The summed E-state index contributed by atoms with van der Waals surface area (Å²) in [7, 11) is -3.74. The van der Waals surface area contributed by atoms with Crippen LogP contribution < -0.4 is 14.4 Å². The van der Waals surface area contributed by atoms with E-state index in [9.17, 15) is 13.2 Å². The minimum absolute atomic E-state index is 0.106. The van der Waals surface area contributed by atoms with Gasteiger partial charge in [0.25, 0.3) is 15.9 Å². The molecule has 4 rings (SSSR count). The van der Waals surface area contributed by atoms with Crippen molar-refractivity contribution >= 4 is 38.9 Å². The first kappa shape index (κ1) is 25.9. The van der Waals surface area contributed by atoms with E-state index in [1.54, 1.807) is 29.2 Å². The summed E-state index contributed by atoms with van der Waals surface area (Å²) in [6.45, 7) is 8.46. The highest BCUT2D eigenvalue weighted by Crippen LogP contribution is 2.25. The summed E-state index contributed by atoms with van der Waals surface area (Å²) in [5.41, 5.74) is 4.84. The maximum Gasteiger partial charge on any atom is 0.261 e. The van der Waals surface area contributed by atoms with Crippen molar-refractivity contribution in [2.75, 3.05) is 42.4 Å². The van der Waals surface area contributed by atoms with Crippen molar-refractivity contribution in [3.63, 3.8) is 0 Å². The van der Waals surface area contributed by atoms with E-state index in [2.05, 4.69) is 9.62 Å². The summed E-state index contributed by atoms with van der Waals surface area (Å²) >= 11 is 6.15. The van der Waals surface area contributed by atoms with Crippen LogP contribution >= 0.6 is 11.6 Å². The van der Waals surface area contributed by atoms with E-state index < -0.39 is 10.0 Å². The Kier molecular flexibility index (Phi) is 7.76. The third-order valence-electron chi connectivity index (χ3n) is 6.40. The average molecular weight is 528 g/mol. The van der Waals surface area contributed by atoms with E-state index >= 15 is 0 Å². The summed E-state index contributed by atoms with van der Waals surface area (Å²) < 4.78 is 33.7. The number of carbonyl (C=O) groups is 1. The monoisotopic (exact) mass is 527 g/mol. The Hall–Kier alpha value is -3.23. The Bertz CT molecular complexity index is 1350. The van der Waals surface area contributed by atoms with Crippen LogP contribution in [0.2, 0.25) is 5.02 Å². The second-order valence-electron chi connectivity index (χ2n) is 8.96. The lowest BCUT2D eigenvalue weighted by atomic mass is 10.1. The van der Waals surface area contributed by atoms with Crippen LogP contribution in [0.3, 0.4) is 0 Å². The lowest BCUT2D eigenvalue weighted by molar-refractivity contribution is -0.133. The topological polar surface area (TPSA) is 78.9 Å². The number of halogens is 1. The molecule has 0 radical (unpaired) electrons. The third kappa shape index (κ3) is 6.12. The number of nitrogens with zero attached hydrogens (tertiary/aromatic N) is 2. The highest BCUT2D eigenvalue weighted by atomic mass is 35.5. The molecule has 0 bridgehead atoms. The molecular formula is C27H30ClN3O4S. The fraction of sp³-hybridized carbons (Fsp3) is 0.296. The smallest absolute Gasteiger partial charge is 0.261 e. The van der Waals surface area contributed by atoms with Crippen LogP contribution in [-0.2, 0) is 14.8 Å². The van der Waals surface area contributed by atoms with Crippen LogP contribution in [-0.4, -0.2) is 52.0 Å². The van der Waals surface area contributed by atoms with E-state index in [1.165, 1.54) is 12.1 Å². The molecule has 1 aliphatic rings. The van der Waals surface area contributed by atoms with Crippen LogP contribution in [0.4, 0.5) is 11.4 Å². The van der Waals surface area contributed by atoms with E-state index in [1.807, 2.05) is 45.0 Å². The number of piperazine rings is 1. The number of nitrogens with one attached hydrogen (secondary N) is 1. The molecule has 0 aromatic heterocycles. The van der Waals surface area contributed by atoms with Gasteiger partial charge in [0.05, 0.1) is 4.90 Å². The van der Waals surface area contributed by atoms with Gasteiger partial charge in [0, 0.05) is 42.6 Å². The van der Waals surface area contributed by atoms with Crippen molar-refractivity contribution < 1.29 is 17.9 Å². The van der Waals surface area contributed by atoms with Gasteiger partial charge in [0.2, 0.25) is 0 Å². The molecule has 7 nitrogen and oxygen atoms in total. The minimum atomic E-state index is -3.74. The molecule has 3 aromatic rings. The third-order valence-corrected chi connectivity index (χ3v) is 8.03. The first-order chi connectivity index (χ1) is 17.1. The Balaban J connectivity index is 1.29. The average Bonchev–Trinajstić information content (AvgIpc) is 2.86. The Morgan fingerprint density at radius 3 is 2.22 bits per heavy atom. The lowest BCUT2D eigenvalue weighted by Crippen LogP contribution is -2.50. The molecule has 1 fully saturated rings. The number of carbonyl (C=O) groups excluding carboxylic acids is 1. The lowest BCUT2D eigenvalue weighted by Gasteiger charge is -2.36. The Morgan fingerprint density at radius 1 is 0.889 bits per heavy atom. The zero-order chi connectivity index (χ0) is 25.9. The Labute approximate surface area is 217 Å². The van der Waals surface area contributed by atoms with Crippen LogP contribution in [0.25, 0.3) is 0 Å². The van der Waals surface area contributed by atoms with Gasteiger partial charge < -0.3 is 14.5 Å². The normalized spacial score (nSPS) is 14.0. The highest BCUT2D eigenvalue weighted by molar-refractivity contribution is 7.92. The molecule has 1 aliphatic heterocycles. The van der Waals surface area contributed by atoms with Crippen molar-refractivity contribution in [2.24, 2.45) is 0 Å².